The molecule has 2 unspecified atom stereocenters. The second-order valence-electron chi connectivity index (χ2n) is 5.89. The van der Waals surface area contributed by atoms with E-state index in [0.717, 1.165) is 32.5 Å². The first kappa shape index (κ1) is 19.4. The molecule has 3 N–H and O–H groups in total. The van der Waals surface area contributed by atoms with Gasteiger partial charge in [0.2, 0.25) is 5.91 Å². The van der Waals surface area contributed by atoms with Crippen molar-refractivity contribution in [2.75, 3.05) is 20.3 Å². The fourth-order valence-corrected chi connectivity index (χ4v) is 2.20. The molecule has 0 rings (SSSR count). The molecule has 0 aliphatic carbocycles. The molecule has 0 aromatic rings. The molecule has 0 bridgehead atoms. The van der Waals surface area contributed by atoms with E-state index in [0.29, 0.717) is 5.92 Å². The van der Waals surface area contributed by atoms with Gasteiger partial charge in [-0.25, -0.2) is 0 Å². The molecule has 2 atom stereocenters. The SMILES string of the molecule is CCCCC(CC)COCCCCC(C)(NC)C(N)=O. The van der Waals surface area contributed by atoms with Crippen LogP contribution >= 0.6 is 0 Å². The van der Waals surface area contributed by atoms with Crippen LogP contribution in [0, 0.1) is 5.92 Å². The van der Waals surface area contributed by atoms with Crippen LogP contribution in [0.2, 0.25) is 0 Å². The molecule has 0 saturated carbocycles. The maximum atomic E-state index is 11.3. The number of nitrogens with two attached hydrogens (primary N) is 1. The van der Waals surface area contributed by atoms with E-state index in [-0.39, 0.29) is 5.91 Å². The number of carbonyl (C=O) groups is 1. The van der Waals surface area contributed by atoms with Crippen molar-refractivity contribution in [3.8, 4) is 0 Å². The first-order valence-electron chi connectivity index (χ1n) is 8.06. The standard InChI is InChI=1S/C16H34N2O2/c1-5-7-10-14(6-2)13-20-12-9-8-11-16(3,18-4)15(17)19/h14,18H,5-13H2,1-4H3,(H2,17,19). The van der Waals surface area contributed by atoms with Gasteiger partial charge >= 0.3 is 0 Å². The van der Waals surface area contributed by atoms with Crippen molar-refractivity contribution in [2.24, 2.45) is 11.7 Å². The van der Waals surface area contributed by atoms with Gasteiger partial charge in [-0.1, -0.05) is 33.1 Å². The number of nitrogens with one attached hydrogen (secondary N) is 1. The summed E-state index contributed by atoms with van der Waals surface area (Å²) in [6.07, 6.45) is 7.70. The van der Waals surface area contributed by atoms with Crippen LogP contribution in [0.25, 0.3) is 0 Å². The molecule has 120 valence electrons. The summed E-state index contributed by atoms with van der Waals surface area (Å²) in [6.45, 7) is 7.96. The van der Waals surface area contributed by atoms with Gasteiger partial charge in [-0.05, 0) is 45.6 Å². The van der Waals surface area contributed by atoms with Crippen LogP contribution in [-0.2, 0) is 9.53 Å². The van der Waals surface area contributed by atoms with Gasteiger partial charge in [0.05, 0.1) is 5.54 Å². The number of unbranched alkanes of at least 4 members (excludes halogenated alkanes) is 2. The Balaban J connectivity index is 3.68. The number of primary amides is 1. The van der Waals surface area contributed by atoms with E-state index in [1.807, 2.05) is 6.92 Å². The van der Waals surface area contributed by atoms with E-state index in [1.165, 1.54) is 25.7 Å². The third-order valence-electron chi connectivity index (χ3n) is 4.21. The number of rotatable bonds is 13. The lowest BCUT2D eigenvalue weighted by Gasteiger charge is -2.25. The average molecular weight is 286 g/mol. The van der Waals surface area contributed by atoms with Crippen molar-refractivity contribution in [1.82, 2.24) is 5.32 Å². The highest BCUT2D eigenvalue weighted by atomic mass is 16.5. The normalized spacial score (nSPS) is 15.8. The molecule has 0 radical (unpaired) electrons. The van der Waals surface area contributed by atoms with Crippen LogP contribution in [-0.4, -0.2) is 31.7 Å². The summed E-state index contributed by atoms with van der Waals surface area (Å²) in [5.41, 5.74) is 4.80. The van der Waals surface area contributed by atoms with E-state index in [2.05, 4.69) is 19.2 Å². The smallest absolute Gasteiger partial charge is 0.237 e. The third kappa shape index (κ3) is 7.85. The number of likely N-dealkylation sites (N-methyl/N-ethyl adjacent to an activating group) is 1. The molecule has 0 aliphatic heterocycles. The fourth-order valence-electron chi connectivity index (χ4n) is 2.20. The van der Waals surface area contributed by atoms with E-state index in [9.17, 15) is 4.79 Å². The van der Waals surface area contributed by atoms with Gasteiger partial charge in [-0.2, -0.15) is 0 Å². The number of carbonyl (C=O) groups excluding carboxylic acids is 1. The van der Waals surface area contributed by atoms with Crippen LogP contribution < -0.4 is 11.1 Å². The van der Waals surface area contributed by atoms with Crippen LogP contribution in [0.1, 0.15) is 65.7 Å². The fraction of sp³-hybridized carbons (Fsp3) is 0.938. The summed E-state index contributed by atoms with van der Waals surface area (Å²) in [7, 11) is 1.78. The molecule has 1 amide bonds. The van der Waals surface area contributed by atoms with E-state index < -0.39 is 5.54 Å². The Morgan fingerprint density at radius 2 is 2.00 bits per heavy atom. The summed E-state index contributed by atoms with van der Waals surface area (Å²) < 4.78 is 5.76. The van der Waals surface area contributed by atoms with E-state index >= 15 is 0 Å². The molecular weight excluding hydrogens is 252 g/mol. The van der Waals surface area contributed by atoms with Gasteiger partial charge in [-0.3, -0.25) is 4.79 Å². The summed E-state index contributed by atoms with van der Waals surface area (Å²) in [6, 6.07) is 0. The largest absolute Gasteiger partial charge is 0.381 e. The quantitative estimate of drug-likeness (QED) is 0.512. The molecule has 4 heteroatoms. The number of ether oxygens (including phenoxy) is 1. The molecule has 0 saturated heterocycles. The maximum Gasteiger partial charge on any atom is 0.237 e. The Morgan fingerprint density at radius 3 is 2.50 bits per heavy atom. The van der Waals surface area contributed by atoms with Crippen LogP contribution in [0.15, 0.2) is 0 Å². The minimum Gasteiger partial charge on any atom is -0.381 e. The van der Waals surface area contributed by atoms with Crippen molar-refractivity contribution >= 4 is 5.91 Å². The highest BCUT2D eigenvalue weighted by molar-refractivity contribution is 5.84. The Bertz CT molecular complexity index is 259. The summed E-state index contributed by atoms with van der Waals surface area (Å²) in [5.74, 6) is 0.412. The zero-order chi connectivity index (χ0) is 15.4. The monoisotopic (exact) mass is 286 g/mol. The third-order valence-corrected chi connectivity index (χ3v) is 4.21. The van der Waals surface area contributed by atoms with Crippen molar-refractivity contribution in [3.63, 3.8) is 0 Å². The predicted molar refractivity (Wildman–Crippen MR) is 84.6 cm³/mol. The lowest BCUT2D eigenvalue weighted by molar-refractivity contribution is -0.123. The molecule has 20 heavy (non-hydrogen) atoms. The Kier molecular flexibility index (Phi) is 10.8. The molecule has 0 fully saturated rings. The lowest BCUT2D eigenvalue weighted by atomic mass is 9.94. The Morgan fingerprint density at radius 1 is 1.30 bits per heavy atom. The predicted octanol–water partition coefficient (Wildman–Crippen LogP) is 2.85. The molecule has 0 aliphatic rings. The molecule has 0 heterocycles. The molecular formula is C16H34N2O2. The second-order valence-corrected chi connectivity index (χ2v) is 5.89. The zero-order valence-corrected chi connectivity index (χ0v) is 13.8. The van der Waals surface area contributed by atoms with Crippen molar-refractivity contribution in [2.45, 2.75) is 71.3 Å². The van der Waals surface area contributed by atoms with Gasteiger partial charge in [0.15, 0.2) is 0 Å². The highest BCUT2D eigenvalue weighted by Crippen LogP contribution is 2.15. The summed E-state index contributed by atoms with van der Waals surface area (Å²) in [5, 5.41) is 3.00. The van der Waals surface area contributed by atoms with Gasteiger partial charge in [0, 0.05) is 13.2 Å². The van der Waals surface area contributed by atoms with Gasteiger partial charge in [0.1, 0.15) is 0 Å². The summed E-state index contributed by atoms with van der Waals surface area (Å²) >= 11 is 0. The minimum absolute atomic E-state index is 0.286. The molecule has 0 aromatic heterocycles. The molecule has 0 spiro atoms. The average Bonchev–Trinajstić information content (AvgIpc) is 2.45. The van der Waals surface area contributed by atoms with Gasteiger partial charge in [-0.15, -0.1) is 0 Å². The Hall–Kier alpha value is -0.610. The summed E-state index contributed by atoms with van der Waals surface area (Å²) in [4.78, 5) is 11.3. The Labute approximate surface area is 124 Å². The van der Waals surface area contributed by atoms with Crippen molar-refractivity contribution in [3.05, 3.63) is 0 Å². The first-order chi connectivity index (χ1) is 9.50. The highest BCUT2D eigenvalue weighted by Gasteiger charge is 2.27. The second kappa shape index (κ2) is 11.1. The minimum atomic E-state index is -0.590. The maximum absolute atomic E-state index is 11.3. The van der Waals surface area contributed by atoms with Crippen LogP contribution in [0.5, 0.6) is 0 Å². The van der Waals surface area contributed by atoms with Crippen LogP contribution in [0.3, 0.4) is 0 Å². The molecule has 0 aromatic carbocycles. The van der Waals surface area contributed by atoms with Crippen molar-refractivity contribution in [1.29, 1.82) is 0 Å². The number of amides is 1. The van der Waals surface area contributed by atoms with E-state index in [4.69, 9.17) is 10.5 Å². The number of hydrogen-bond donors (Lipinski definition) is 2. The van der Waals surface area contributed by atoms with Gasteiger partial charge in [0.25, 0.3) is 0 Å². The van der Waals surface area contributed by atoms with Crippen LogP contribution in [0.4, 0.5) is 0 Å². The lowest BCUT2D eigenvalue weighted by Crippen LogP contribution is -2.51. The number of hydrogen-bond acceptors (Lipinski definition) is 3. The van der Waals surface area contributed by atoms with E-state index in [1.54, 1.807) is 7.05 Å². The van der Waals surface area contributed by atoms with Gasteiger partial charge < -0.3 is 15.8 Å². The molecule has 4 nitrogen and oxygen atoms in total. The topological polar surface area (TPSA) is 64.3 Å². The zero-order valence-electron chi connectivity index (χ0n) is 13.8. The van der Waals surface area contributed by atoms with Crippen molar-refractivity contribution < 1.29 is 9.53 Å². The first-order valence-corrected chi connectivity index (χ1v) is 8.06.